The molecular weight excluding hydrogens is 508 g/mol. The number of unbranched alkanes of at least 4 members (excludes halogenated alkanes) is 4. The van der Waals surface area contributed by atoms with Gasteiger partial charge in [0, 0.05) is 26.9 Å². The fraction of sp³-hybridized carbons (Fsp3) is 0.895. The standard InChI is InChI=1S/C19H36N4O14/c1-12(24)22-16(30,31)14(26,27)10-20(18(22,34)35)8-6-4-3-5-7-9-21-11-15(28,29)17(32,33)23(13(2)25)19(21,36)37/h26-37H,3-11H2,1-2H3. The maximum absolute atomic E-state index is 11.7. The number of carbonyl (C=O) groups excluding carboxylic acids is 2. The minimum atomic E-state index is -3.69. The Morgan fingerprint density at radius 1 is 0.541 bits per heavy atom. The van der Waals surface area contributed by atoms with E-state index >= 15 is 0 Å². The van der Waals surface area contributed by atoms with Gasteiger partial charge in [-0.3, -0.25) is 9.59 Å². The lowest BCUT2D eigenvalue weighted by molar-refractivity contribution is -0.511. The third-order valence-electron chi connectivity index (χ3n) is 6.46. The van der Waals surface area contributed by atoms with Crippen LogP contribution in [0, 0.1) is 0 Å². The van der Waals surface area contributed by atoms with Crippen molar-refractivity contribution in [3.8, 4) is 0 Å². The van der Waals surface area contributed by atoms with Gasteiger partial charge in [0.15, 0.2) is 0 Å². The molecule has 2 rings (SSSR count). The minimum absolute atomic E-state index is 0.203. The molecule has 37 heavy (non-hydrogen) atoms. The lowest BCUT2D eigenvalue weighted by Crippen LogP contribution is -2.83. The zero-order chi connectivity index (χ0) is 28.8. The lowest BCUT2D eigenvalue weighted by atomic mass is 10.0. The first-order valence-electron chi connectivity index (χ1n) is 11.4. The second-order valence-corrected chi connectivity index (χ2v) is 9.42. The van der Waals surface area contributed by atoms with Gasteiger partial charge >= 0.3 is 23.9 Å². The summed E-state index contributed by atoms with van der Waals surface area (Å²) in [5.74, 6) is -16.5. The van der Waals surface area contributed by atoms with Gasteiger partial charge in [0.2, 0.25) is 11.8 Å². The molecule has 2 saturated heterocycles. The number of hydrogen-bond acceptors (Lipinski definition) is 16. The third-order valence-corrected chi connectivity index (χ3v) is 6.46. The predicted molar refractivity (Wildman–Crippen MR) is 114 cm³/mol. The Hall–Kier alpha value is -1.62. The Kier molecular flexibility index (Phi) is 8.68. The molecule has 0 aromatic carbocycles. The van der Waals surface area contributed by atoms with Crippen LogP contribution in [0.2, 0.25) is 0 Å². The molecule has 0 bridgehead atoms. The van der Waals surface area contributed by atoms with Gasteiger partial charge in [-0.15, -0.1) is 0 Å². The van der Waals surface area contributed by atoms with Crippen LogP contribution in [0.3, 0.4) is 0 Å². The quantitative estimate of drug-likeness (QED) is 0.0998. The maximum Gasteiger partial charge on any atom is 0.321 e. The van der Waals surface area contributed by atoms with Gasteiger partial charge in [-0.1, -0.05) is 19.3 Å². The molecule has 2 fully saturated rings. The molecule has 0 aliphatic carbocycles. The average molecular weight is 545 g/mol. The number of β-amino-alcohol motifs (C(OH)–C–C–N with tert-alkyl or cyclic N) is 4. The van der Waals surface area contributed by atoms with Crippen LogP contribution in [0.25, 0.3) is 0 Å². The summed E-state index contributed by atoms with van der Waals surface area (Å²) in [6, 6.07) is -6.50. The zero-order valence-electron chi connectivity index (χ0n) is 20.3. The summed E-state index contributed by atoms with van der Waals surface area (Å²) < 4.78 is 0. The summed E-state index contributed by atoms with van der Waals surface area (Å²) in [6.45, 7) is -1.00. The molecule has 18 nitrogen and oxygen atoms in total. The third kappa shape index (κ3) is 5.58. The van der Waals surface area contributed by atoms with Crippen molar-refractivity contribution >= 4 is 11.8 Å². The molecule has 2 aliphatic rings. The van der Waals surface area contributed by atoms with E-state index in [-0.39, 0.29) is 35.7 Å². The van der Waals surface area contributed by atoms with Gasteiger partial charge in [0.1, 0.15) is 0 Å². The molecular formula is C19H36N4O14. The van der Waals surface area contributed by atoms with Gasteiger partial charge in [-0.05, 0) is 12.8 Å². The summed E-state index contributed by atoms with van der Waals surface area (Å²) in [4.78, 5) is 24.2. The molecule has 0 aromatic rings. The first kappa shape index (κ1) is 31.6. The smallest absolute Gasteiger partial charge is 0.321 e. The van der Waals surface area contributed by atoms with E-state index in [0.717, 1.165) is 13.8 Å². The molecule has 0 saturated carbocycles. The Morgan fingerprint density at radius 2 is 0.811 bits per heavy atom. The molecule has 0 aromatic heterocycles. The fourth-order valence-electron chi connectivity index (χ4n) is 4.47. The van der Waals surface area contributed by atoms with Crippen molar-refractivity contribution in [2.45, 2.75) is 81.4 Å². The zero-order valence-corrected chi connectivity index (χ0v) is 20.3. The van der Waals surface area contributed by atoms with E-state index in [9.17, 15) is 70.9 Å². The van der Waals surface area contributed by atoms with Crippen LogP contribution in [0.4, 0.5) is 0 Å². The second kappa shape index (κ2) is 10.2. The van der Waals surface area contributed by atoms with Gasteiger partial charge < -0.3 is 61.3 Å². The van der Waals surface area contributed by atoms with E-state index in [1.54, 1.807) is 0 Å². The van der Waals surface area contributed by atoms with Crippen molar-refractivity contribution in [2.75, 3.05) is 26.2 Å². The van der Waals surface area contributed by atoms with Gasteiger partial charge in [-0.25, -0.2) is 19.6 Å². The largest absolute Gasteiger partial charge is 0.359 e. The SMILES string of the molecule is CC(=O)N1C(O)(O)N(CCCCCCCN2CC(O)(O)C(O)(O)N(C(C)=O)C2(O)O)CC(O)(O)C1(O)O. The minimum Gasteiger partial charge on any atom is -0.359 e. The normalized spacial score (nSPS) is 26.2. The number of rotatable bonds is 8. The Labute approximate surface area is 210 Å². The highest BCUT2D eigenvalue weighted by Crippen LogP contribution is 2.37. The second-order valence-electron chi connectivity index (χ2n) is 9.42. The fourth-order valence-corrected chi connectivity index (χ4v) is 4.47. The molecule has 18 heteroatoms. The van der Waals surface area contributed by atoms with Crippen LogP contribution in [0.15, 0.2) is 0 Å². The molecule has 12 N–H and O–H groups in total. The highest BCUT2D eigenvalue weighted by atomic mass is 16.7. The van der Waals surface area contributed by atoms with Crippen molar-refractivity contribution in [3.05, 3.63) is 0 Å². The van der Waals surface area contributed by atoms with Crippen LogP contribution in [0.1, 0.15) is 46.0 Å². The average Bonchev–Trinajstić information content (AvgIpc) is 2.67. The first-order valence-corrected chi connectivity index (χ1v) is 11.4. The van der Waals surface area contributed by atoms with E-state index in [2.05, 4.69) is 0 Å². The predicted octanol–water partition coefficient (Wildman–Crippen LogP) is -6.90. The van der Waals surface area contributed by atoms with Gasteiger partial charge in [0.25, 0.3) is 11.6 Å². The summed E-state index contributed by atoms with van der Waals surface area (Å²) in [5, 5.41) is 121. The van der Waals surface area contributed by atoms with Crippen molar-refractivity contribution in [1.29, 1.82) is 0 Å². The van der Waals surface area contributed by atoms with Gasteiger partial charge in [0.05, 0.1) is 13.1 Å². The molecule has 2 heterocycles. The van der Waals surface area contributed by atoms with Crippen molar-refractivity contribution in [1.82, 2.24) is 19.6 Å². The molecule has 0 radical (unpaired) electrons. The van der Waals surface area contributed by atoms with Crippen molar-refractivity contribution in [2.24, 2.45) is 0 Å². The highest BCUT2D eigenvalue weighted by molar-refractivity contribution is 5.75. The Bertz CT molecular complexity index is 794. The monoisotopic (exact) mass is 544 g/mol. The molecule has 0 atom stereocenters. The highest BCUT2D eigenvalue weighted by Gasteiger charge is 2.68. The van der Waals surface area contributed by atoms with Crippen LogP contribution in [-0.2, 0) is 9.59 Å². The molecule has 2 aliphatic heterocycles. The summed E-state index contributed by atoms with van der Waals surface area (Å²) >= 11 is 0. The van der Waals surface area contributed by atoms with Crippen molar-refractivity contribution < 1.29 is 70.9 Å². The van der Waals surface area contributed by atoms with E-state index in [1.807, 2.05) is 0 Å². The Morgan fingerprint density at radius 3 is 1.08 bits per heavy atom. The summed E-state index contributed by atoms with van der Waals surface area (Å²) in [6.07, 6.45) is 1.64. The van der Waals surface area contributed by atoms with Crippen LogP contribution < -0.4 is 0 Å². The van der Waals surface area contributed by atoms with E-state index < -0.39 is 60.4 Å². The van der Waals surface area contributed by atoms with E-state index in [1.165, 1.54) is 0 Å². The van der Waals surface area contributed by atoms with Crippen molar-refractivity contribution in [3.63, 3.8) is 0 Å². The lowest BCUT2D eigenvalue weighted by Gasteiger charge is -2.55. The number of amides is 2. The first-order chi connectivity index (χ1) is 16.5. The topological polar surface area (TPSA) is 290 Å². The number of aliphatic hydroxyl groups is 12. The molecule has 2 amide bonds. The Balaban J connectivity index is 1.89. The van der Waals surface area contributed by atoms with E-state index in [4.69, 9.17) is 0 Å². The molecule has 216 valence electrons. The molecule has 0 unspecified atom stereocenters. The number of hydrogen-bond donors (Lipinski definition) is 12. The van der Waals surface area contributed by atoms with Crippen LogP contribution >= 0.6 is 0 Å². The maximum atomic E-state index is 11.7. The van der Waals surface area contributed by atoms with E-state index in [0.29, 0.717) is 29.1 Å². The summed E-state index contributed by atoms with van der Waals surface area (Å²) in [5.41, 5.74) is 0. The summed E-state index contributed by atoms with van der Waals surface area (Å²) in [7, 11) is 0. The number of nitrogens with zero attached hydrogens (tertiary/aromatic N) is 4. The molecule has 0 spiro atoms. The number of carbonyl (C=O) groups is 2. The van der Waals surface area contributed by atoms with Gasteiger partial charge in [-0.2, -0.15) is 0 Å². The van der Waals surface area contributed by atoms with Crippen LogP contribution in [-0.4, -0.2) is 154 Å². The van der Waals surface area contributed by atoms with Crippen LogP contribution in [0.5, 0.6) is 0 Å².